The van der Waals surface area contributed by atoms with Gasteiger partial charge in [-0.15, -0.1) is 0 Å². The number of imide groups is 1. The molecule has 172 valence electrons. The normalized spacial score (nSPS) is 12.8. The molecule has 1 atom stereocenters. The molecule has 0 aromatic rings. The standard InChI is InChI=1S/C24H48N2O3/c1-7-8-9-10-11-12-13-14-15-16-17-18-19-26(22(27)21(25)20(2)3)23(28)29-24(4,5)6/h20-21H,7-19,25H2,1-6H3. The molecule has 0 spiro atoms. The third-order valence-corrected chi connectivity index (χ3v) is 5.12. The quantitative estimate of drug-likeness (QED) is 0.314. The Morgan fingerprint density at radius 2 is 1.24 bits per heavy atom. The first-order valence-corrected chi connectivity index (χ1v) is 11.9. The highest BCUT2D eigenvalue weighted by molar-refractivity contribution is 5.95. The van der Waals surface area contributed by atoms with Crippen LogP contribution in [-0.2, 0) is 9.53 Å². The van der Waals surface area contributed by atoms with Gasteiger partial charge < -0.3 is 10.5 Å². The van der Waals surface area contributed by atoms with Crippen LogP contribution in [-0.4, -0.2) is 35.1 Å². The van der Waals surface area contributed by atoms with E-state index in [-0.39, 0.29) is 11.8 Å². The first kappa shape index (κ1) is 27.9. The second kappa shape index (κ2) is 15.7. The highest BCUT2D eigenvalue weighted by atomic mass is 16.6. The van der Waals surface area contributed by atoms with Crippen molar-refractivity contribution in [3.05, 3.63) is 0 Å². The van der Waals surface area contributed by atoms with Gasteiger partial charge in [0.15, 0.2) is 0 Å². The van der Waals surface area contributed by atoms with Gasteiger partial charge in [-0.1, -0.05) is 91.4 Å². The van der Waals surface area contributed by atoms with Gasteiger partial charge in [0.25, 0.3) is 0 Å². The van der Waals surface area contributed by atoms with E-state index < -0.39 is 17.7 Å². The van der Waals surface area contributed by atoms with Gasteiger partial charge in [-0.25, -0.2) is 9.69 Å². The fourth-order valence-corrected chi connectivity index (χ4v) is 3.18. The summed E-state index contributed by atoms with van der Waals surface area (Å²) in [6.45, 7) is 11.8. The van der Waals surface area contributed by atoms with Crippen LogP contribution in [0.4, 0.5) is 4.79 Å². The van der Waals surface area contributed by atoms with E-state index in [2.05, 4.69) is 6.92 Å². The second-order valence-corrected chi connectivity index (χ2v) is 9.63. The molecule has 5 heteroatoms. The molecule has 5 nitrogen and oxygen atoms in total. The molecule has 0 aromatic carbocycles. The predicted octanol–water partition coefficient (Wildman–Crippen LogP) is 6.43. The van der Waals surface area contributed by atoms with E-state index in [4.69, 9.17) is 10.5 Å². The van der Waals surface area contributed by atoms with E-state index >= 15 is 0 Å². The molecule has 0 aliphatic heterocycles. The molecule has 0 radical (unpaired) electrons. The molecule has 29 heavy (non-hydrogen) atoms. The summed E-state index contributed by atoms with van der Waals surface area (Å²) in [4.78, 5) is 26.3. The lowest BCUT2D eigenvalue weighted by Gasteiger charge is -2.28. The fraction of sp³-hybridized carbons (Fsp3) is 0.917. The number of nitrogens with zero attached hydrogens (tertiary/aromatic N) is 1. The Hall–Kier alpha value is -1.10. The number of carbonyl (C=O) groups excluding carboxylic acids is 2. The summed E-state index contributed by atoms with van der Waals surface area (Å²) < 4.78 is 5.42. The van der Waals surface area contributed by atoms with Gasteiger partial charge in [-0.2, -0.15) is 0 Å². The van der Waals surface area contributed by atoms with Crippen molar-refractivity contribution >= 4 is 12.0 Å². The molecule has 0 heterocycles. The van der Waals surface area contributed by atoms with Crippen LogP contribution in [0.15, 0.2) is 0 Å². The highest BCUT2D eigenvalue weighted by Gasteiger charge is 2.31. The minimum Gasteiger partial charge on any atom is -0.443 e. The van der Waals surface area contributed by atoms with E-state index in [9.17, 15) is 9.59 Å². The molecule has 0 aromatic heterocycles. The van der Waals surface area contributed by atoms with Crippen molar-refractivity contribution in [2.24, 2.45) is 11.7 Å². The average molecular weight is 413 g/mol. The number of rotatable bonds is 15. The van der Waals surface area contributed by atoms with Gasteiger partial charge in [0.2, 0.25) is 5.91 Å². The Labute approximate surface area is 180 Å². The number of nitrogens with two attached hydrogens (primary N) is 1. The Bertz CT molecular complexity index is 444. The summed E-state index contributed by atoms with van der Waals surface area (Å²) >= 11 is 0. The molecular formula is C24H48N2O3. The van der Waals surface area contributed by atoms with Crippen LogP contribution in [0.5, 0.6) is 0 Å². The SMILES string of the molecule is CCCCCCCCCCCCCCN(C(=O)OC(C)(C)C)C(=O)C(N)C(C)C. The largest absolute Gasteiger partial charge is 0.443 e. The molecule has 0 saturated carbocycles. The minimum absolute atomic E-state index is 0.0191. The van der Waals surface area contributed by atoms with Crippen molar-refractivity contribution in [2.75, 3.05) is 6.54 Å². The van der Waals surface area contributed by atoms with E-state index in [0.717, 1.165) is 19.3 Å². The molecule has 2 amide bonds. The van der Waals surface area contributed by atoms with Crippen molar-refractivity contribution in [1.82, 2.24) is 4.90 Å². The van der Waals surface area contributed by atoms with Gasteiger partial charge in [0.1, 0.15) is 5.60 Å². The van der Waals surface area contributed by atoms with Crippen molar-refractivity contribution < 1.29 is 14.3 Å². The Balaban J connectivity index is 4.18. The molecule has 0 aliphatic rings. The Morgan fingerprint density at radius 3 is 1.62 bits per heavy atom. The van der Waals surface area contributed by atoms with E-state index in [0.29, 0.717) is 6.54 Å². The van der Waals surface area contributed by atoms with Crippen molar-refractivity contribution in [3.8, 4) is 0 Å². The number of ether oxygens (including phenoxy) is 1. The Morgan fingerprint density at radius 1 is 0.828 bits per heavy atom. The van der Waals surface area contributed by atoms with Crippen molar-refractivity contribution in [1.29, 1.82) is 0 Å². The maximum atomic E-state index is 12.6. The number of hydrogen-bond acceptors (Lipinski definition) is 4. The average Bonchev–Trinajstić information content (AvgIpc) is 2.62. The third-order valence-electron chi connectivity index (χ3n) is 5.12. The summed E-state index contributed by atoms with van der Waals surface area (Å²) in [6, 6.07) is -0.681. The molecule has 0 saturated heterocycles. The molecular weight excluding hydrogens is 364 g/mol. The smallest absolute Gasteiger partial charge is 0.417 e. The number of hydrogen-bond donors (Lipinski definition) is 1. The summed E-state index contributed by atoms with van der Waals surface area (Å²) in [5.41, 5.74) is 5.37. The predicted molar refractivity (Wildman–Crippen MR) is 122 cm³/mol. The number of carbonyl (C=O) groups is 2. The first-order chi connectivity index (χ1) is 13.6. The van der Waals surface area contributed by atoms with Gasteiger partial charge in [0, 0.05) is 6.54 Å². The lowest BCUT2D eigenvalue weighted by molar-refractivity contribution is -0.132. The van der Waals surface area contributed by atoms with E-state index in [1.165, 1.54) is 62.7 Å². The maximum Gasteiger partial charge on any atom is 0.417 e. The monoisotopic (exact) mass is 412 g/mol. The summed E-state index contributed by atoms with van der Waals surface area (Å²) in [6.07, 6.45) is 14.3. The van der Waals surface area contributed by atoms with Crippen LogP contribution in [0.1, 0.15) is 119 Å². The number of amides is 2. The highest BCUT2D eigenvalue weighted by Crippen LogP contribution is 2.15. The Kier molecular flexibility index (Phi) is 15.1. The summed E-state index contributed by atoms with van der Waals surface area (Å²) in [5, 5.41) is 0. The molecule has 0 aliphatic carbocycles. The van der Waals surface area contributed by atoms with Crippen LogP contribution in [0.2, 0.25) is 0 Å². The lowest BCUT2D eigenvalue weighted by Crippen LogP contribution is -2.50. The molecule has 0 bridgehead atoms. The van der Waals surface area contributed by atoms with Crippen LogP contribution >= 0.6 is 0 Å². The number of unbranched alkanes of at least 4 members (excludes halogenated alkanes) is 11. The zero-order valence-corrected chi connectivity index (χ0v) is 20.1. The second-order valence-electron chi connectivity index (χ2n) is 9.63. The summed E-state index contributed by atoms with van der Waals surface area (Å²) in [7, 11) is 0. The zero-order valence-electron chi connectivity index (χ0n) is 20.1. The third kappa shape index (κ3) is 14.5. The van der Waals surface area contributed by atoms with Crippen LogP contribution in [0, 0.1) is 5.92 Å². The molecule has 2 N–H and O–H groups in total. The van der Waals surface area contributed by atoms with Crippen molar-refractivity contribution in [2.45, 2.75) is 130 Å². The van der Waals surface area contributed by atoms with E-state index in [1.807, 2.05) is 13.8 Å². The van der Waals surface area contributed by atoms with Crippen LogP contribution in [0.3, 0.4) is 0 Å². The summed E-state index contributed by atoms with van der Waals surface area (Å²) in [5.74, 6) is -0.355. The fourth-order valence-electron chi connectivity index (χ4n) is 3.18. The van der Waals surface area contributed by atoms with Gasteiger partial charge in [-0.05, 0) is 33.1 Å². The van der Waals surface area contributed by atoms with Crippen LogP contribution < -0.4 is 5.73 Å². The molecule has 1 unspecified atom stereocenters. The zero-order chi connectivity index (χ0) is 22.3. The van der Waals surface area contributed by atoms with Gasteiger partial charge >= 0.3 is 6.09 Å². The minimum atomic E-state index is -0.681. The van der Waals surface area contributed by atoms with Gasteiger partial charge in [0.05, 0.1) is 6.04 Å². The van der Waals surface area contributed by atoms with Gasteiger partial charge in [-0.3, -0.25) is 4.79 Å². The van der Waals surface area contributed by atoms with E-state index in [1.54, 1.807) is 20.8 Å². The van der Waals surface area contributed by atoms with Crippen molar-refractivity contribution in [3.63, 3.8) is 0 Å². The maximum absolute atomic E-state index is 12.6. The molecule has 0 fully saturated rings. The lowest BCUT2D eigenvalue weighted by atomic mass is 10.0. The molecule has 0 rings (SSSR count). The topological polar surface area (TPSA) is 72.6 Å². The first-order valence-electron chi connectivity index (χ1n) is 11.9. The van der Waals surface area contributed by atoms with Crippen LogP contribution in [0.25, 0.3) is 0 Å².